The van der Waals surface area contributed by atoms with Gasteiger partial charge in [-0.25, -0.2) is 4.79 Å². The van der Waals surface area contributed by atoms with E-state index in [9.17, 15) is 4.79 Å². The second-order valence-electron chi connectivity index (χ2n) is 5.31. The fourth-order valence-corrected chi connectivity index (χ4v) is 3.53. The average molecular weight is 356 g/mol. The van der Waals surface area contributed by atoms with Crippen LogP contribution >= 0.6 is 33.2 Å². The van der Waals surface area contributed by atoms with E-state index in [2.05, 4.69) is 0 Å². The standard InChI is InChI=1S/C12H17Cl3O2Si2/c1-18(2,3)17-12(16)11-6-4-10(5-7-11)8-9-19(13,14)15/h4-7H,8-9H2,1-3H3. The van der Waals surface area contributed by atoms with Crippen molar-refractivity contribution in [3.63, 3.8) is 0 Å². The molecule has 1 aromatic rings. The molecule has 0 radical (unpaired) electrons. The summed E-state index contributed by atoms with van der Waals surface area (Å²) >= 11 is 17.5. The maximum atomic E-state index is 11.8. The number of hydrogen-bond donors (Lipinski definition) is 0. The Labute approximate surface area is 130 Å². The molecule has 0 fully saturated rings. The van der Waals surface area contributed by atoms with Gasteiger partial charge in [0.1, 0.15) is 0 Å². The second kappa shape index (κ2) is 6.63. The van der Waals surface area contributed by atoms with Crippen molar-refractivity contribution >= 4 is 53.5 Å². The Bertz CT molecular complexity index is 436. The molecular weight excluding hydrogens is 339 g/mol. The van der Waals surface area contributed by atoms with Crippen molar-refractivity contribution in [2.24, 2.45) is 0 Å². The van der Waals surface area contributed by atoms with Gasteiger partial charge in [-0.3, -0.25) is 0 Å². The predicted octanol–water partition coefficient (Wildman–Crippen LogP) is 4.88. The molecule has 0 heterocycles. The van der Waals surface area contributed by atoms with Crippen LogP contribution in [0, 0.1) is 0 Å². The SMILES string of the molecule is C[Si](C)(C)OC(=O)c1ccc(CC[Si](Cl)(Cl)Cl)cc1. The third kappa shape index (κ3) is 7.37. The summed E-state index contributed by atoms with van der Waals surface area (Å²) in [6, 6.07) is 5.29. The molecule has 0 aromatic heterocycles. The van der Waals surface area contributed by atoms with E-state index in [1.807, 2.05) is 31.8 Å². The zero-order valence-corrected chi connectivity index (χ0v) is 15.4. The number of benzene rings is 1. The quantitative estimate of drug-likeness (QED) is 0.556. The highest BCUT2D eigenvalue weighted by atomic mass is 35.8. The first-order valence-electron chi connectivity index (χ1n) is 5.96. The zero-order valence-electron chi connectivity index (χ0n) is 11.2. The van der Waals surface area contributed by atoms with Crippen LogP contribution in [0.1, 0.15) is 15.9 Å². The Kier molecular flexibility index (Phi) is 5.95. The molecule has 7 heteroatoms. The third-order valence-electron chi connectivity index (χ3n) is 2.29. The van der Waals surface area contributed by atoms with Gasteiger partial charge in [-0.05, 0) is 49.8 Å². The van der Waals surface area contributed by atoms with Crippen LogP contribution in [0.5, 0.6) is 0 Å². The van der Waals surface area contributed by atoms with Gasteiger partial charge < -0.3 is 4.43 Å². The molecule has 0 saturated carbocycles. The molecule has 2 nitrogen and oxygen atoms in total. The van der Waals surface area contributed by atoms with Gasteiger partial charge in [-0.15, -0.1) is 33.2 Å². The Morgan fingerprint density at radius 3 is 2.05 bits per heavy atom. The monoisotopic (exact) mass is 354 g/mol. The van der Waals surface area contributed by atoms with Crippen molar-refractivity contribution in [2.45, 2.75) is 32.1 Å². The van der Waals surface area contributed by atoms with E-state index in [0.717, 1.165) is 5.56 Å². The van der Waals surface area contributed by atoms with Crippen molar-refractivity contribution in [3.05, 3.63) is 35.4 Å². The van der Waals surface area contributed by atoms with E-state index in [-0.39, 0.29) is 5.97 Å². The zero-order chi connectivity index (χ0) is 14.7. The van der Waals surface area contributed by atoms with Gasteiger partial charge >= 0.3 is 12.0 Å². The van der Waals surface area contributed by atoms with Crippen LogP contribution in [-0.2, 0) is 10.8 Å². The highest BCUT2D eigenvalue weighted by Gasteiger charge is 2.24. The third-order valence-corrected chi connectivity index (χ3v) is 5.60. The van der Waals surface area contributed by atoms with Crippen LogP contribution in [0.25, 0.3) is 0 Å². The van der Waals surface area contributed by atoms with E-state index in [4.69, 9.17) is 37.7 Å². The van der Waals surface area contributed by atoms with Gasteiger partial charge in [0.2, 0.25) is 8.32 Å². The first-order valence-corrected chi connectivity index (χ1v) is 14.6. The molecule has 0 aliphatic rings. The van der Waals surface area contributed by atoms with Gasteiger partial charge in [-0.2, -0.15) is 0 Å². The normalized spacial score (nSPS) is 12.3. The van der Waals surface area contributed by atoms with Crippen LogP contribution in [0.15, 0.2) is 24.3 Å². The van der Waals surface area contributed by atoms with Crippen molar-refractivity contribution in [3.8, 4) is 0 Å². The first-order chi connectivity index (χ1) is 8.57. The fourth-order valence-electron chi connectivity index (χ4n) is 1.43. The largest absolute Gasteiger partial charge is 0.516 e. The lowest BCUT2D eigenvalue weighted by molar-refractivity contribution is 0.0724. The molecule has 0 aliphatic heterocycles. The Morgan fingerprint density at radius 1 is 1.11 bits per heavy atom. The van der Waals surface area contributed by atoms with E-state index in [1.165, 1.54) is 0 Å². The minimum atomic E-state index is -2.58. The van der Waals surface area contributed by atoms with Gasteiger partial charge in [0, 0.05) is 0 Å². The summed E-state index contributed by atoms with van der Waals surface area (Å²) in [6.07, 6.45) is 0.714. The minimum Gasteiger partial charge on any atom is -0.516 e. The average Bonchev–Trinajstić information content (AvgIpc) is 2.23. The highest BCUT2D eigenvalue weighted by molar-refractivity contribution is 7.64. The molecule has 0 atom stereocenters. The fraction of sp³-hybridized carbons (Fsp3) is 0.417. The smallest absolute Gasteiger partial charge is 0.341 e. The molecule has 0 spiro atoms. The molecule has 0 bridgehead atoms. The number of carbonyl (C=O) groups is 1. The van der Waals surface area contributed by atoms with E-state index in [0.29, 0.717) is 18.0 Å². The molecule has 0 aliphatic carbocycles. The maximum Gasteiger partial charge on any atom is 0.341 e. The number of carbonyl (C=O) groups excluding carboxylic acids is 1. The molecule has 1 rings (SSSR count). The molecule has 0 amide bonds. The van der Waals surface area contributed by atoms with Crippen LogP contribution in [0.4, 0.5) is 0 Å². The van der Waals surface area contributed by atoms with Gasteiger partial charge in [0.05, 0.1) is 5.56 Å². The Hall–Kier alpha value is -0.00623. The van der Waals surface area contributed by atoms with Crippen LogP contribution < -0.4 is 0 Å². The lowest BCUT2D eigenvalue weighted by Crippen LogP contribution is -2.29. The van der Waals surface area contributed by atoms with Crippen molar-refractivity contribution < 1.29 is 9.22 Å². The number of hydrogen-bond acceptors (Lipinski definition) is 2. The summed E-state index contributed by atoms with van der Waals surface area (Å²) in [7, 11) is -1.85. The lowest BCUT2D eigenvalue weighted by atomic mass is 10.1. The topological polar surface area (TPSA) is 26.3 Å². The number of rotatable bonds is 5. The molecule has 19 heavy (non-hydrogen) atoms. The molecule has 0 N–H and O–H groups in total. The predicted molar refractivity (Wildman–Crippen MR) is 87.0 cm³/mol. The molecular formula is C12H17Cl3O2Si2. The summed E-state index contributed by atoms with van der Waals surface area (Å²) in [5.74, 6) is -0.263. The van der Waals surface area contributed by atoms with Crippen molar-refractivity contribution in [2.75, 3.05) is 0 Å². The first kappa shape index (κ1) is 17.0. The van der Waals surface area contributed by atoms with Crippen LogP contribution in [0.2, 0.25) is 25.7 Å². The Balaban J connectivity index is 2.64. The van der Waals surface area contributed by atoms with Gasteiger partial charge in [0.15, 0.2) is 0 Å². The van der Waals surface area contributed by atoms with Crippen LogP contribution in [-0.4, -0.2) is 20.3 Å². The summed E-state index contributed by atoms with van der Waals surface area (Å²) < 4.78 is 5.42. The van der Waals surface area contributed by atoms with Gasteiger partial charge in [-0.1, -0.05) is 12.1 Å². The summed E-state index contributed by atoms with van der Waals surface area (Å²) in [5.41, 5.74) is 1.63. The Morgan fingerprint density at radius 2 is 1.63 bits per heavy atom. The summed E-state index contributed by atoms with van der Waals surface area (Å²) in [5, 5.41) is 0. The van der Waals surface area contributed by atoms with Crippen molar-refractivity contribution in [1.82, 2.24) is 0 Å². The highest BCUT2D eigenvalue weighted by Crippen LogP contribution is 2.26. The van der Waals surface area contributed by atoms with Gasteiger partial charge in [0.25, 0.3) is 0 Å². The van der Waals surface area contributed by atoms with E-state index < -0.39 is 14.3 Å². The maximum absolute atomic E-state index is 11.8. The lowest BCUT2D eigenvalue weighted by Gasteiger charge is -2.17. The summed E-state index contributed by atoms with van der Waals surface area (Å²) in [4.78, 5) is 11.8. The molecule has 1 aromatic carbocycles. The minimum absolute atomic E-state index is 0.263. The van der Waals surface area contributed by atoms with E-state index >= 15 is 0 Å². The molecule has 0 unspecified atom stereocenters. The van der Waals surface area contributed by atoms with Crippen LogP contribution in [0.3, 0.4) is 0 Å². The second-order valence-corrected chi connectivity index (χ2v) is 19.0. The summed E-state index contributed by atoms with van der Waals surface area (Å²) in [6.45, 7) is 5.93. The molecule has 106 valence electrons. The number of aryl methyl sites for hydroxylation is 1. The van der Waals surface area contributed by atoms with E-state index in [1.54, 1.807) is 12.1 Å². The number of halogens is 3. The van der Waals surface area contributed by atoms with Crippen molar-refractivity contribution in [1.29, 1.82) is 0 Å². The molecule has 0 saturated heterocycles.